The molecule has 2 aliphatic rings. The van der Waals surface area contributed by atoms with E-state index in [4.69, 9.17) is 0 Å². The average Bonchev–Trinajstić information content (AvgIpc) is 2.70. The lowest BCUT2D eigenvalue weighted by atomic mass is 9.67. The van der Waals surface area contributed by atoms with Gasteiger partial charge in [0.15, 0.2) is 5.83 Å². The molecule has 0 radical (unpaired) electrons. The summed E-state index contributed by atoms with van der Waals surface area (Å²) in [5.74, 6) is -3.65. The largest absolute Gasteiger partial charge is 0.468 e. The summed E-state index contributed by atoms with van der Waals surface area (Å²) in [6, 6.07) is 6.49. The summed E-state index contributed by atoms with van der Waals surface area (Å²) in [6.45, 7) is 0. The first kappa shape index (κ1) is 13.9. The van der Waals surface area contributed by atoms with Crippen molar-refractivity contribution < 1.29 is 23.1 Å². The van der Waals surface area contributed by atoms with Gasteiger partial charge in [-0.3, -0.25) is 9.59 Å². The lowest BCUT2D eigenvalue weighted by Gasteiger charge is -2.35. The number of allylic oxidation sites excluding steroid dienone is 1. The summed E-state index contributed by atoms with van der Waals surface area (Å²) in [5.41, 5.74) is -0.543. The molecule has 1 aromatic carbocycles. The van der Waals surface area contributed by atoms with E-state index in [0.29, 0.717) is 5.56 Å². The van der Waals surface area contributed by atoms with Gasteiger partial charge in [-0.1, -0.05) is 24.3 Å². The fourth-order valence-corrected chi connectivity index (χ4v) is 3.41. The molecule has 2 aliphatic carbocycles. The predicted molar refractivity (Wildman–Crippen MR) is 71.6 cm³/mol. The number of carbonyl (C=O) groups excluding carboxylic acids is 2. The standard InChI is InChI=1S/C16H14F2O3/c1-21-15(20)10-6-7-16(8-12(10)19)11-5-3-2-4-9(11)13(17)14(16)18/h2-5,10H,6-8H2,1H3/t10?,16-/m0/s1. The Hall–Kier alpha value is -2.04. The number of benzene rings is 1. The van der Waals surface area contributed by atoms with E-state index in [0.717, 1.165) is 0 Å². The number of ether oxygens (including phenoxy) is 1. The zero-order valence-corrected chi connectivity index (χ0v) is 11.5. The Morgan fingerprint density at radius 1 is 1.33 bits per heavy atom. The number of rotatable bonds is 1. The maximum absolute atomic E-state index is 14.5. The highest BCUT2D eigenvalue weighted by atomic mass is 19.2. The molecule has 0 bridgehead atoms. The number of halogens is 2. The molecule has 0 amide bonds. The maximum Gasteiger partial charge on any atom is 0.316 e. The van der Waals surface area contributed by atoms with E-state index in [1.807, 2.05) is 0 Å². The van der Waals surface area contributed by atoms with Crippen LogP contribution in [0.2, 0.25) is 0 Å². The molecule has 21 heavy (non-hydrogen) atoms. The molecule has 0 aliphatic heterocycles. The van der Waals surface area contributed by atoms with Crippen molar-refractivity contribution >= 4 is 17.6 Å². The first-order valence-electron chi connectivity index (χ1n) is 6.77. The van der Waals surface area contributed by atoms with E-state index < -0.39 is 34.7 Å². The quantitative estimate of drug-likeness (QED) is 0.590. The SMILES string of the molecule is COC(=O)C1CC[C@@]2(CC1=O)C(F)=C(F)c1ccccc12. The van der Waals surface area contributed by atoms with E-state index in [9.17, 15) is 18.4 Å². The summed E-state index contributed by atoms with van der Waals surface area (Å²) in [5, 5.41) is 0. The van der Waals surface area contributed by atoms with Gasteiger partial charge in [-0.2, -0.15) is 0 Å². The third-order valence-electron chi connectivity index (χ3n) is 4.50. The van der Waals surface area contributed by atoms with E-state index in [-0.39, 0.29) is 24.8 Å². The van der Waals surface area contributed by atoms with Crippen LogP contribution < -0.4 is 0 Å². The molecule has 1 unspecified atom stereocenters. The van der Waals surface area contributed by atoms with Gasteiger partial charge in [0.25, 0.3) is 0 Å². The summed E-state index contributed by atoms with van der Waals surface area (Å²) in [4.78, 5) is 23.8. The molecule has 3 rings (SSSR count). The highest BCUT2D eigenvalue weighted by Crippen LogP contribution is 2.54. The molecule has 3 nitrogen and oxygen atoms in total. The molecule has 0 saturated heterocycles. The van der Waals surface area contributed by atoms with Crippen molar-refractivity contribution in [2.45, 2.75) is 24.7 Å². The van der Waals surface area contributed by atoms with Crippen LogP contribution in [0.3, 0.4) is 0 Å². The van der Waals surface area contributed by atoms with E-state index in [2.05, 4.69) is 4.74 Å². The summed E-state index contributed by atoms with van der Waals surface area (Å²) < 4.78 is 33.1. The van der Waals surface area contributed by atoms with Gasteiger partial charge in [0.05, 0.1) is 12.5 Å². The van der Waals surface area contributed by atoms with Gasteiger partial charge in [-0.05, 0) is 18.4 Å². The van der Waals surface area contributed by atoms with Crippen molar-refractivity contribution in [2.75, 3.05) is 7.11 Å². The lowest BCUT2D eigenvalue weighted by Crippen LogP contribution is -2.40. The van der Waals surface area contributed by atoms with Crippen LogP contribution in [0.1, 0.15) is 30.4 Å². The van der Waals surface area contributed by atoms with Crippen LogP contribution in [-0.2, 0) is 19.7 Å². The Kier molecular flexibility index (Phi) is 3.15. The fraction of sp³-hybridized carbons (Fsp3) is 0.375. The Morgan fingerprint density at radius 2 is 2.05 bits per heavy atom. The van der Waals surface area contributed by atoms with Crippen molar-refractivity contribution in [3.63, 3.8) is 0 Å². The highest BCUT2D eigenvalue weighted by Gasteiger charge is 2.52. The van der Waals surface area contributed by atoms with Crippen LogP contribution in [0.15, 0.2) is 30.1 Å². The van der Waals surface area contributed by atoms with Crippen LogP contribution in [0.4, 0.5) is 8.78 Å². The Balaban J connectivity index is 2.01. The molecule has 0 N–H and O–H groups in total. The molecule has 1 aromatic rings. The molecule has 110 valence electrons. The molecule has 1 saturated carbocycles. The highest BCUT2D eigenvalue weighted by molar-refractivity contribution is 6.01. The second kappa shape index (κ2) is 4.76. The van der Waals surface area contributed by atoms with Gasteiger partial charge in [-0.15, -0.1) is 0 Å². The first-order valence-corrected chi connectivity index (χ1v) is 6.77. The van der Waals surface area contributed by atoms with E-state index in [1.165, 1.54) is 13.2 Å². The molecule has 0 heterocycles. The first-order chi connectivity index (χ1) is 10.0. The van der Waals surface area contributed by atoms with Crippen LogP contribution in [0.25, 0.3) is 5.83 Å². The zero-order chi connectivity index (χ0) is 15.2. The van der Waals surface area contributed by atoms with Crippen LogP contribution in [0, 0.1) is 5.92 Å². The number of fused-ring (bicyclic) bond motifs is 2. The van der Waals surface area contributed by atoms with Crippen molar-refractivity contribution in [3.8, 4) is 0 Å². The molecular formula is C16H14F2O3. The predicted octanol–water partition coefficient (Wildman–Crippen LogP) is 3.09. The van der Waals surface area contributed by atoms with E-state index >= 15 is 0 Å². The second-order valence-electron chi connectivity index (χ2n) is 5.51. The minimum atomic E-state index is -1.25. The Labute approximate surface area is 120 Å². The minimum absolute atomic E-state index is 0.167. The number of ketones is 1. The fourth-order valence-electron chi connectivity index (χ4n) is 3.41. The lowest BCUT2D eigenvalue weighted by molar-refractivity contribution is -0.151. The van der Waals surface area contributed by atoms with Gasteiger partial charge in [0.2, 0.25) is 0 Å². The van der Waals surface area contributed by atoms with Crippen LogP contribution in [0.5, 0.6) is 0 Å². The van der Waals surface area contributed by atoms with Crippen LogP contribution >= 0.6 is 0 Å². The topological polar surface area (TPSA) is 43.4 Å². The molecule has 2 atom stereocenters. The molecular weight excluding hydrogens is 278 g/mol. The number of Topliss-reactive ketones (excluding diaryl/α,β-unsaturated/α-hetero) is 1. The van der Waals surface area contributed by atoms with E-state index in [1.54, 1.807) is 18.2 Å². The van der Waals surface area contributed by atoms with Gasteiger partial charge in [-0.25, -0.2) is 8.78 Å². The maximum atomic E-state index is 14.5. The van der Waals surface area contributed by atoms with Gasteiger partial charge in [0.1, 0.15) is 17.5 Å². The van der Waals surface area contributed by atoms with Crippen molar-refractivity contribution in [2.24, 2.45) is 5.92 Å². The Bertz CT molecular complexity index is 665. The monoisotopic (exact) mass is 292 g/mol. The average molecular weight is 292 g/mol. The molecule has 1 spiro atoms. The van der Waals surface area contributed by atoms with Gasteiger partial charge >= 0.3 is 5.97 Å². The summed E-state index contributed by atoms with van der Waals surface area (Å²) in [7, 11) is 1.21. The molecule has 1 fully saturated rings. The van der Waals surface area contributed by atoms with Gasteiger partial charge in [0, 0.05) is 12.0 Å². The Morgan fingerprint density at radius 3 is 2.71 bits per heavy atom. The zero-order valence-electron chi connectivity index (χ0n) is 11.5. The minimum Gasteiger partial charge on any atom is -0.468 e. The normalized spacial score (nSPS) is 28.0. The van der Waals surface area contributed by atoms with Crippen molar-refractivity contribution in [1.82, 2.24) is 0 Å². The van der Waals surface area contributed by atoms with Crippen LogP contribution in [-0.4, -0.2) is 18.9 Å². The molecule has 5 heteroatoms. The van der Waals surface area contributed by atoms with Gasteiger partial charge < -0.3 is 4.74 Å². The van der Waals surface area contributed by atoms with Crippen molar-refractivity contribution in [1.29, 1.82) is 0 Å². The smallest absolute Gasteiger partial charge is 0.316 e. The number of esters is 1. The number of methoxy groups -OCH3 is 1. The van der Waals surface area contributed by atoms with Crippen molar-refractivity contribution in [3.05, 3.63) is 41.2 Å². The number of hydrogen-bond acceptors (Lipinski definition) is 3. The number of hydrogen-bond donors (Lipinski definition) is 0. The third kappa shape index (κ3) is 1.83. The third-order valence-corrected chi connectivity index (χ3v) is 4.50. The number of carbonyl (C=O) groups is 2. The summed E-state index contributed by atoms with van der Waals surface area (Å²) >= 11 is 0. The second-order valence-corrected chi connectivity index (χ2v) is 5.51. The molecule has 0 aromatic heterocycles. The summed E-state index contributed by atoms with van der Waals surface area (Å²) in [6.07, 6.45) is 0.179.